The van der Waals surface area contributed by atoms with Gasteiger partial charge in [0.2, 0.25) is 5.43 Å². The van der Waals surface area contributed by atoms with E-state index in [1.54, 1.807) is 4.90 Å². The van der Waals surface area contributed by atoms with Crippen LogP contribution in [0.25, 0.3) is 0 Å². The molecule has 3 heterocycles. The minimum atomic E-state index is -1.01. The van der Waals surface area contributed by atoms with Crippen molar-refractivity contribution in [2.45, 2.75) is 19.6 Å². The molecule has 0 unspecified atom stereocenters. The minimum absolute atomic E-state index is 0.0305. The van der Waals surface area contributed by atoms with Crippen molar-refractivity contribution in [1.82, 2.24) is 14.9 Å². The van der Waals surface area contributed by atoms with Crippen molar-refractivity contribution in [2.75, 3.05) is 36.1 Å². The molecule has 11 heteroatoms. The molecule has 1 aromatic heterocycles. The number of benzene rings is 2. The maximum Gasteiger partial charge on any atom is 0.278 e. The Morgan fingerprint density at radius 2 is 1.86 bits per heavy atom. The number of carbonyl (C=O) groups is 2. The topological polar surface area (TPSA) is 98.1 Å². The highest BCUT2D eigenvalue weighted by Gasteiger charge is 2.42. The van der Waals surface area contributed by atoms with Gasteiger partial charge in [0.15, 0.2) is 11.4 Å². The Morgan fingerprint density at radius 1 is 1.11 bits per heavy atom. The van der Waals surface area contributed by atoms with E-state index in [9.17, 15) is 28.3 Å². The Bertz CT molecular complexity index is 1430. The van der Waals surface area contributed by atoms with E-state index in [-0.39, 0.29) is 17.8 Å². The lowest BCUT2D eigenvalue weighted by Crippen LogP contribution is -2.69. The molecule has 1 fully saturated rings. The van der Waals surface area contributed by atoms with E-state index in [4.69, 9.17) is 0 Å². The van der Waals surface area contributed by atoms with Gasteiger partial charge in [0.05, 0.1) is 13.1 Å². The summed E-state index contributed by atoms with van der Waals surface area (Å²) in [4.78, 5) is 42.9. The number of rotatable bonds is 5. The first-order chi connectivity index (χ1) is 17.8. The molecule has 2 aromatic carbocycles. The second kappa shape index (κ2) is 9.57. The van der Waals surface area contributed by atoms with Crippen LogP contribution in [0.1, 0.15) is 33.3 Å². The number of nitrogens with one attached hydrogen (secondary N) is 1. The Kier molecular flexibility index (Phi) is 6.28. The maximum atomic E-state index is 14.0. The molecule has 9 nitrogen and oxygen atoms in total. The van der Waals surface area contributed by atoms with Crippen LogP contribution in [-0.4, -0.2) is 58.8 Å². The molecule has 2 aliphatic rings. The molecule has 3 aromatic rings. The van der Waals surface area contributed by atoms with Crippen LogP contribution in [0, 0.1) is 11.6 Å². The van der Waals surface area contributed by atoms with Crippen molar-refractivity contribution < 1.29 is 23.5 Å². The van der Waals surface area contributed by atoms with Crippen LogP contribution in [0.3, 0.4) is 0 Å². The lowest BCUT2D eigenvalue weighted by atomic mass is 10.1. The first kappa shape index (κ1) is 24.3. The predicted octanol–water partition coefficient (Wildman–Crippen LogP) is 2.02. The monoisotopic (exact) mass is 509 g/mol. The van der Waals surface area contributed by atoms with Crippen molar-refractivity contribution in [2.24, 2.45) is 0 Å². The fourth-order valence-electron chi connectivity index (χ4n) is 4.85. The highest BCUT2D eigenvalue weighted by Crippen LogP contribution is 2.28. The molecule has 37 heavy (non-hydrogen) atoms. The van der Waals surface area contributed by atoms with Gasteiger partial charge in [-0.3, -0.25) is 24.1 Å². The summed E-state index contributed by atoms with van der Waals surface area (Å²) in [5, 5.41) is 15.0. The summed E-state index contributed by atoms with van der Waals surface area (Å²) in [6.07, 6.45) is 0.828. The first-order valence-corrected chi connectivity index (χ1v) is 11.9. The SMILES string of the molecule is CCN1C(=O)c2c(O)c(=O)c(C(=O)NCc3ccc(F)cc3F)cn2N2CCN(c3ccccc3)C[C@@H]12. The van der Waals surface area contributed by atoms with Crippen molar-refractivity contribution in [3.05, 3.63) is 93.4 Å². The van der Waals surface area contributed by atoms with E-state index in [0.717, 1.165) is 11.8 Å². The van der Waals surface area contributed by atoms with E-state index < -0.39 is 46.4 Å². The van der Waals surface area contributed by atoms with Gasteiger partial charge in [-0.2, -0.15) is 0 Å². The standard InChI is InChI=1S/C26H25F2N5O4/c1-2-31-21-15-30(18-6-4-3-5-7-18)10-11-32(21)33-14-19(23(34)24(35)22(33)26(31)37)25(36)29-13-16-8-9-17(27)12-20(16)28/h3-9,12,14,21,35H,2,10-11,13,15H2,1H3,(H,29,36)/t21-/m0/s1. The summed E-state index contributed by atoms with van der Waals surface area (Å²) < 4.78 is 28.5. The Morgan fingerprint density at radius 3 is 2.57 bits per heavy atom. The predicted molar refractivity (Wildman–Crippen MR) is 132 cm³/mol. The molecule has 1 saturated heterocycles. The van der Waals surface area contributed by atoms with Crippen LogP contribution < -0.4 is 20.7 Å². The molecule has 2 amide bonds. The second-order valence-corrected chi connectivity index (χ2v) is 8.85. The highest BCUT2D eigenvalue weighted by atomic mass is 19.1. The van der Waals surface area contributed by atoms with Gasteiger partial charge in [-0.05, 0) is 25.1 Å². The van der Waals surface area contributed by atoms with E-state index in [1.165, 1.54) is 16.9 Å². The third-order valence-electron chi connectivity index (χ3n) is 6.75. The average molecular weight is 510 g/mol. The number of para-hydroxylation sites is 1. The molecule has 1 atom stereocenters. The number of pyridine rings is 1. The van der Waals surface area contributed by atoms with Gasteiger partial charge < -0.3 is 20.2 Å². The van der Waals surface area contributed by atoms with E-state index in [0.29, 0.717) is 32.2 Å². The van der Waals surface area contributed by atoms with Gasteiger partial charge in [0.25, 0.3) is 11.8 Å². The number of halogens is 2. The van der Waals surface area contributed by atoms with Crippen molar-refractivity contribution in [3.8, 4) is 5.75 Å². The third-order valence-corrected chi connectivity index (χ3v) is 6.75. The smallest absolute Gasteiger partial charge is 0.278 e. The number of nitrogens with zero attached hydrogens (tertiary/aromatic N) is 4. The van der Waals surface area contributed by atoms with E-state index in [2.05, 4.69) is 10.2 Å². The van der Waals surface area contributed by atoms with Crippen LogP contribution in [0.4, 0.5) is 14.5 Å². The molecular formula is C26H25F2N5O4. The van der Waals surface area contributed by atoms with Crippen molar-refractivity contribution >= 4 is 17.5 Å². The first-order valence-electron chi connectivity index (χ1n) is 11.9. The van der Waals surface area contributed by atoms with Gasteiger partial charge >= 0.3 is 0 Å². The average Bonchev–Trinajstić information content (AvgIpc) is 2.90. The fourth-order valence-corrected chi connectivity index (χ4v) is 4.85. The number of hydrogen-bond acceptors (Lipinski definition) is 6. The van der Waals surface area contributed by atoms with Gasteiger partial charge in [0.1, 0.15) is 23.4 Å². The molecule has 5 rings (SSSR count). The molecule has 2 N–H and O–H groups in total. The zero-order chi connectivity index (χ0) is 26.3. The van der Waals surface area contributed by atoms with Gasteiger partial charge in [0, 0.05) is 43.1 Å². The lowest BCUT2D eigenvalue weighted by Gasteiger charge is -2.51. The third kappa shape index (κ3) is 4.26. The Labute approximate surface area is 211 Å². The van der Waals surface area contributed by atoms with Crippen LogP contribution in [0.2, 0.25) is 0 Å². The van der Waals surface area contributed by atoms with Gasteiger partial charge in [-0.15, -0.1) is 0 Å². The molecule has 0 bridgehead atoms. The quantitative estimate of drug-likeness (QED) is 0.546. The minimum Gasteiger partial charge on any atom is -0.502 e. The molecule has 2 aliphatic heterocycles. The van der Waals surface area contributed by atoms with Crippen LogP contribution in [0.5, 0.6) is 5.75 Å². The number of carbonyl (C=O) groups excluding carboxylic acids is 2. The van der Waals surface area contributed by atoms with Crippen LogP contribution >= 0.6 is 0 Å². The Balaban J connectivity index is 1.47. The maximum absolute atomic E-state index is 14.0. The molecule has 0 spiro atoms. The number of anilines is 1. The van der Waals surface area contributed by atoms with Crippen LogP contribution in [0.15, 0.2) is 59.5 Å². The number of amides is 2. The Hall–Kier alpha value is -4.41. The van der Waals surface area contributed by atoms with Crippen LogP contribution in [-0.2, 0) is 6.54 Å². The summed E-state index contributed by atoms with van der Waals surface area (Å²) in [5.41, 5.74) is -0.576. The summed E-state index contributed by atoms with van der Waals surface area (Å²) >= 11 is 0. The number of aromatic nitrogens is 1. The summed E-state index contributed by atoms with van der Waals surface area (Å²) in [5.74, 6) is -3.79. The molecule has 192 valence electrons. The number of likely N-dealkylation sites (N-methyl/N-ethyl adjacent to an activating group) is 1. The van der Waals surface area contributed by atoms with E-state index >= 15 is 0 Å². The number of piperazine rings is 1. The zero-order valence-corrected chi connectivity index (χ0v) is 20.0. The summed E-state index contributed by atoms with van der Waals surface area (Å²) in [6.45, 7) is 3.39. The molecule has 0 radical (unpaired) electrons. The fraction of sp³-hybridized carbons (Fsp3) is 0.269. The highest BCUT2D eigenvalue weighted by molar-refractivity contribution is 5.99. The summed E-state index contributed by atoms with van der Waals surface area (Å²) in [7, 11) is 0. The summed E-state index contributed by atoms with van der Waals surface area (Å²) in [6, 6.07) is 12.7. The van der Waals surface area contributed by atoms with Gasteiger partial charge in [-0.25, -0.2) is 8.78 Å². The number of fused-ring (bicyclic) bond motifs is 3. The lowest BCUT2D eigenvalue weighted by molar-refractivity contribution is 0.0569. The largest absolute Gasteiger partial charge is 0.502 e. The van der Waals surface area contributed by atoms with Crippen molar-refractivity contribution in [1.29, 1.82) is 0 Å². The van der Waals surface area contributed by atoms with Crippen molar-refractivity contribution in [3.63, 3.8) is 0 Å². The normalized spacial score (nSPS) is 16.9. The second-order valence-electron chi connectivity index (χ2n) is 8.85. The molecule has 0 saturated carbocycles. The molecule has 0 aliphatic carbocycles. The number of hydrogen-bond donors (Lipinski definition) is 2. The zero-order valence-electron chi connectivity index (χ0n) is 20.0. The van der Waals surface area contributed by atoms with E-state index in [1.807, 2.05) is 42.3 Å². The molecular weight excluding hydrogens is 484 g/mol. The van der Waals surface area contributed by atoms with Gasteiger partial charge in [-0.1, -0.05) is 24.3 Å². The number of aromatic hydroxyl groups is 1.